The first kappa shape index (κ1) is 20.4. The second-order valence-electron chi connectivity index (χ2n) is 7.36. The highest BCUT2D eigenvalue weighted by Crippen LogP contribution is 2.26. The van der Waals surface area contributed by atoms with Crippen LogP contribution in [0.1, 0.15) is 50.2 Å². The number of carboxylic acid groups (broad SMARTS) is 1. The Morgan fingerprint density at radius 1 is 1.31 bits per heavy atom. The van der Waals surface area contributed by atoms with Gasteiger partial charge in [0.25, 0.3) is 0 Å². The summed E-state index contributed by atoms with van der Waals surface area (Å²) in [6.45, 7) is 7.15. The van der Waals surface area contributed by atoms with Gasteiger partial charge in [-0.05, 0) is 48.9 Å². The first-order valence-corrected chi connectivity index (χ1v) is 9.40. The van der Waals surface area contributed by atoms with E-state index in [4.69, 9.17) is 0 Å². The topological polar surface area (TPSA) is 72.9 Å². The molecule has 6 heteroatoms. The number of piperidine rings is 1. The third-order valence-corrected chi connectivity index (χ3v) is 5.35. The summed E-state index contributed by atoms with van der Waals surface area (Å²) in [5.74, 6) is 0.738. The molecule has 26 heavy (non-hydrogen) atoms. The van der Waals surface area contributed by atoms with Gasteiger partial charge in [0.15, 0.2) is 0 Å². The van der Waals surface area contributed by atoms with E-state index in [0.717, 1.165) is 38.8 Å². The Morgan fingerprint density at radius 3 is 2.38 bits per heavy atom. The summed E-state index contributed by atoms with van der Waals surface area (Å²) in [6.07, 6.45) is 1.81. The van der Waals surface area contributed by atoms with E-state index in [-0.39, 0.29) is 18.4 Å². The standard InChI is InChI=1S/C20H31N3O3/c1-15(2)17-6-4-16(5-7-17)14-22-11-8-18(9-12-22)19(10-13-24)23(21-3)20(25)26/h4-7,13,15,18-19,21H,8-12,14H2,1-3H3,(H,25,26). The maximum Gasteiger partial charge on any atom is 0.422 e. The van der Waals surface area contributed by atoms with Crippen molar-refractivity contribution in [1.29, 1.82) is 0 Å². The maximum absolute atomic E-state index is 11.4. The van der Waals surface area contributed by atoms with Crippen molar-refractivity contribution in [2.75, 3.05) is 20.1 Å². The molecule has 0 aromatic heterocycles. The molecule has 144 valence electrons. The predicted molar refractivity (Wildman–Crippen MR) is 102 cm³/mol. The quantitative estimate of drug-likeness (QED) is 0.550. The van der Waals surface area contributed by atoms with E-state index in [2.05, 4.69) is 48.4 Å². The number of likely N-dealkylation sites (tertiary alicyclic amines) is 1. The Kier molecular flexibility index (Phi) is 7.60. The maximum atomic E-state index is 11.4. The van der Waals surface area contributed by atoms with Crippen molar-refractivity contribution in [3.05, 3.63) is 35.4 Å². The molecule has 1 aromatic carbocycles. The zero-order valence-electron chi connectivity index (χ0n) is 16.0. The second-order valence-corrected chi connectivity index (χ2v) is 7.36. The number of carbonyl (C=O) groups excluding carboxylic acids is 1. The lowest BCUT2D eigenvalue weighted by Gasteiger charge is -2.39. The van der Waals surface area contributed by atoms with E-state index in [0.29, 0.717) is 5.92 Å². The van der Waals surface area contributed by atoms with Crippen LogP contribution in [0.3, 0.4) is 0 Å². The van der Waals surface area contributed by atoms with Crippen LogP contribution in [0.2, 0.25) is 0 Å². The van der Waals surface area contributed by atoms with E-state index in [1.165, 1.54) is 16.1 Å². The van der Waals surface area contributed by atoms with Crippen LogP contribution < -0.4 is 5.43 Å². The average Bonchev–Trinajstić information content (AvgIpc) is 2.62. The minimum Gasteiger partial charge on any atom is -0.464 e. The molecular formula is C20H31N3O3. The summed E-state index contributed by atoms with van der Waals surface area (Å²) in [5.41, 5.74) is 5.37. The van der Waals surface area contributed by atoms with Crippen molar-refractivity contribution in [3.8, 4) is 0 Å². The fourth-order valence-corrected chi connectivity index (χ4v) is 3.77. The van der Waals surface area contributed by atoms with Crippen LogP contribution in [0, 0.1) is 5.92 Å². The van der Waals surface area contributed by atoms with Crippen molar-refractivity contribution in [1.82, 2.24) is 15.3 Å². The molecule has 1 saturated heterocycles. The molecular weight excluding hydrogens is 330 g/mol. The second kappa shape index (κ2) is 9.69. The van der Waals surface area contributed by atoms with Crippen molar-refractivity contribution in [3.63, 3.8) is 0 Å². The van der Waals surface area contributed by atoms with Crippen LogP contribution in [0.25, 0.3) is 0 Å². The van der Waals surface area contributed by atoms with E-state index in [9.17, 15) is 14.7 Å². The minimum absolute atomic E-state index is 0.198. The molecule has 0 radical (unpaired) electrons. The number of nitrogens with one attached hydrogen (secondary N) is 1. The largest absolute Gasteiger partial charge is 0.464 e. The predicted octanol–water partition coefficient (Wildman–Crippen LogP) is 3.09. The number of benzene rings is 1. The van der Waals surface area contributed by atoms with Gasteiger partial charge in [-0.2, -0.15) is 0 Å². The third kappa shape index (κ3) is 5.29. The first-order chi connectivity index (χ1) is 12.5. The highest BCUT2D eigenvalue weighted by atomic mass is 16.4. The average molecular weight is 361 g/mol. The van der Waals surface area contributed by atoms with Gasteiger partial charge in [0.05, 0.1) is 6.04 Å². The van der Waals surface area contributed by atoms with E-state index < -0.39 is 6.09 Å². The fraction of sp³-hybridized carbons (Fsp3) is 0.600. The highest BCUT2D eigenvalue weighted by molar-refractivity contribution is 5.65. The molecule has 1 atom stereocenters. The van der Waals surface area contributed by atoms with Gasteiger partial charge in [0.1, 0.15) is 6.29 Å². The van der Waals surface area contributed by atoms with Crippen molar-refractivity contribution >= 4 is 12.4 Å². The molecule has 1 aromatic rings. The summed E-state index contributed by atoms with van der Waals surface area (Å²) in [6, 6.07) is 8.49. The SMILES string of the molecule is CNN(C(=O)O)C(CC=O)C1CCN(Cc2ccc(C(C)C)cc2)CC1. The number of carbonyl (C=O) groups is 2. The smallest absolute Gasteiger partial charge is 0.422 e. The Hall–Kier alpha value is -1.92. The Morgan fingerprint density at radius 2 is 1.92 bits per heavy atom. The lowest BCUT2D eigenvalue weighted by Crippen LogP contribution is -2.52. The van der Waals surface area contributed by atoms with Crippen LogP contribution in [0.5, 0.6) is 0 Å². The molecule has 2 N–H and O–H groups in total. The lowest BCUT2D eigenvalue weighted by atomic mass is 9.87. The minimum atomic E-state index is -1.04. The summed E-state index contributed by atoms with van der Waals surface area (Å²) in [4.78, 5) is 24.8. The monoisotopic (exact) mass is 361 g/mol. The number of amides is 1. The molecule has 1 heterocycles. The molecule has 0 bridgehead atoms. The van der Waals surface area contributed by atoms with Crippen molar-refractivity contribution < 1.29 is 14.7 Å². The van der Waals surface area contributed by atoms with E-state index in [1.807, 2.05) is 0 Å². The number of hydrogen-bond donors (Lipinski definition) is 2. The van der Waals surface area contributed by atoms with Crippen LogP contribution >= 0.6 is 0 Å². The van der Waals surface area contributed by atoms with Gasteiger partial charge < -0.3 is 9.90 Å². The number of hydrogen-bond acceptors (Lipinski definition) is 4. The van der Waals surface area contributed by atoms with E-state index in [1.54, 1.807) is 7.05 Å². The molecule has 1 aliphatic heterocycles. The van der Waals surface area contributed by atoms with Gasteiger partial charge in [-0.15, -0.1) is 0 Å². The molecule has 1 fully saturated rings. The molecule has 2 rings (SSSR count). The summed E-state index contributed by atoms with van der Waals surface area (Å²) >= 11 is 0. The van der Waals surface area contributed by atoms with Crippen LogP contribution in [-0.4, -0.2) is 53.6 Å². The van der Waals surface area contributed by atoms with Crippen molar-refractivity contribution in [2.45, 2.75) is 51.6 Å². The van der Waals surface area contributed by atoms with Gasteiger partial charge >= 0.3 is 6.09 Å². The normalized spacial score (nSPS) is 17.2. The number of aldehydes is 1. The number of hydrazine groups is 1. The molecule has 1 aliphatic rings. The zero-order valence-corrected chi connectivity index (χ0v) is 16.0. The van der Waals surface area contributed by atoms with Gasteiger partial charge in [-0.25, -0.2) is 15.2 Å². The van der Waals surface area contributed by atoms with Gasteiger partial charge in [0, 0.05) is 20.0 Å². The third-order valence-electron chi connectivity index (χ3n) is 5.35. The van der Waals surface area contributed by atoms with Gasteiger partial charge in [-0.3, -0.25) is 4.90 Å². The van der Waals surface area contributed by atoms with E-state index >= 15 is 0 Å². The van der Waals surface area contributed by atoms with Gasteiger partial charge in [0.2, 0.25) is 0 Å². The summed E-state index contributed by atoms with van der Waals surface area (Å²) in [7, 11) is 1.59. The molecule has 1 amide bonds. The summed E-state index contributed by atoms with van der Waals surface area (Å²) in [5, 5.41) is 10.5. The molecule has 0 saturated carbocycles. The molecule has 6 nitrogen and oxygen atoms in total. The molecule has 0 aliphatic carbocycles. The fourth-order valence-electron chi connectivity index (χ4n) is 3.77. The zero-order chi connectivity index (χ0) is 19.1. The summed E-state index contributed by atoms with van der Waals surface area (Å²) < 4.78 is 0. The number of nitrogens with zero attached hydrogens (tertiary/aromatic N) is 2. The van der Waals surface area contributed by atoms with Crippen LogP contribution in [-0.2, 0) is 11.3 Å². The molecule has 0 spiro atoms. The number of rotatable bonds is 8. The molecule has 1 unspecified atom stereocenters. The Bertz CT molecular complexity index is 580. The first-order valence-electron chi connectivity index (χ1n) is 9.40. The van der Waals surface area contributed by atoms with Crippen molar-refractivity contribution in [2.24, 2.45) is 5.92 Å². The Balaban J connectivity index is 1.92. The van der Waals surface area contributed by atoms with Gasteiger partial charge in [-0.1, -0.05) is 38.1 Å². The highest BCUT2D eigenvalue weighted by Gasteiger charge is 2.32. The lowest BCUT2D eigenvalue weighted by molar-refractivity contribution is -0.109. The Labute approximate surface area is 156 Å². The van der Waals surface area contributed by atoms with Crippen LogP contribution in [0.4, 0.5) is 4.79 Å². The van der Waals surface area contributed by atoms with Crippen LogP contribution in [0.15, 0.2) is 24.3 Å².